The van der Waals surface area contributed by atoms with Gasteiger partial charge in [-0.25, -0.2) is 4.39 Å². The van der Waals surface area contributed by atoms with Crippen LogP contribution in [0.25, 0.3) is 0 Å². The van der Waals surface area contributed by atoms with Gasteiger partial charge in [0.05, 0.1) is 6.10 Å². The van der Waals surface area contributed by atoms with Gasteiger partial charge in [-0.2, -0.15) is 0 Å². The van der Waals surface area contributed by atoms with Crippen LogP contribution in [0.15, 0.2) is 0 Å². The van der Waals surface area contributed by atoms with Gasteiger partial charge in [0.25, 0.3) is 0 Å². The van der Waals surface area contributed by atoms with E-state index in [1.807, 2.05) is 0 Å². The van der Waals surface area contributed by atoms with Crippen LogP contribution in [0.2, 0.25) is 0 Å². The van der Waals surface area contributed by atoms with E-state index < -0.39 is 12.3 Å². The molecule has 4 rings (SSSR count). The van der Waals surface area contributed by atoms with E-state index in [-0.39, 0.29) is 5.41 Å². The Hall–Kier alpha value is -0.110. The molecule has 0 aromatic rings. The van der Waals surface area contributed by atoms with E-state index >= 15 is 0 Å². The smallest absolute Gasteiger partial charge is 0.127 e. The van der Waals surface area contributed by atoms with Crippen LogP contribution in [-0.4, -0.2) is 17.4 Å². The minimum absolute atomic E-state index is 0.140. The quantitative estimate of drug-likeness (QED) is 0.685. The van der Waals surface area contributed by atoms with Crippen molar-refractivity contribution < 1.29 is 9.50 Å². The summed E-state index contributed by atoms with van der Waals surface area (Å²) in [5, 5.41) is 10.4. The van der Waals surface area contributed by atoms with E-state index in [1.54, 1.807) is 0 Å². The first-order valence-corrected chi connectivity index (χ1v) is 9.29. The Bertz CT molecular complexity index is 424. The van der Waals surface area contributed by atoms with Gasteiger partial charge in [-0.3, -0.25) is 0 Å². The molecular weight excluding hydrogens is 263 g/mol. The summed E-state index contributed by atoms with van der Waals surface area (Å²) in [6.45, 7) is 4.72. The maximum atomic E-state index is 14.2. The van der Waals surface area contributed by atoms with Crippen molar-refractivity contribution in [3.63, 3.8) is 0 Å². The van der Waals surface area contributed by atoms with E-state index in [2.05, 4.69) is 13.8 Å². The molecule has 0 aromatic heterocycles. The largest absolute Gasteiger partial charge is 0.390 e. The van der Waals surface area contributed by atoms with E-state index in [9.17, 15) is 9.50 Å². The maximum absolute atomic E-state index is 14.2. The number of halogens is 1. The molecule has 1 N–H and O–H groups in total. The lowest BCUT2D eigenvalue weighted by Gasteiger charge is -2.60. The van der Waals surface area contributed by atoms with Crippen molar-refractivity contribution in [3.8, 4) is 0 Å². The standard InChI is InChI=1S/C19H31FO/c1-18-9-4-3-5-12(18)6-7-13-14(18)8-10-19(2)15(13)11-16(20)17(19)21/h12-17,21H,3-11H2,1-2H3/t12?,13-,14-,15+,16?,17?,18+,19+/m1/s1. The summed E-state index contributed by atoms with van der Waals surface area (Å²) in [5.74, 6) is 2.83. The molecule has 2 heteroatoms. The van der Waals surface area contributed by atoms with Gasteiger partial charge in [-0.15, -0.1) is 0 Å². The summed E-state index contributed by atoms with van der Waals surface area (Å²) in [5.41, 5.74) is 0.375. The Labute approximate surface area is 128 Å². The normalized spacial score (nSPS) is 60.0. The number of aliphatic hydroxyl groups is 1. The molecule has 8 atom stereocenters. The highest BCUT2D eigenvalue weighted by atomic mass is 19.1. The maximum Gasteiger partial charge on any atom is 0.127 e. The second-order valence-corrected chi connectivity index (χ2v) is 9.14. The molecule has 120 valence electrons. The molecule has 0 radical (unpaired) electrons. The minimum Gasteiger partial charge on any atom is -0.390 e. The number of aliphatic hydroxyl groups excluding tert-OH is 1. The van der Waals surface area contributed by atoms with Crippen molar-refractivity contribution >= 4 is 0 Å². The third kappa shape index (κ3) is 1.84. The lowest BCUT2D eigenvalue weighted by atomic mass is 9.45. The van der Waals surface area contributed by atoms with Crippen LogP contribution < -0.4 is 0 Å². The van der Waals surface area contributed by atoms with Gasteiger partial charge < -0.3 is 5.11 Å². The highest BCUT2D eigenvalue weighted by molar-refractivity contribution is 5.11. The van der Waals surface area contributed by atoms with Gasteiger partial charge in [0.15, 0.2) is 0 Å². The van der Waals surface area contributed by atoms with E-state index in [0.717, 1.165) is 18.3 Å². The molecule has 0 aromatic carbocycles. The average Bonchev–Trinajstić information content (AvgIpc) is 2.70. The Morgan fingerprint density at radius 3 is 2.52 bits per heavy atom. The van der Waals surface area contributed by atoms with Crippen LogP contribution >= 0.6 is 0 Å². The Balaban J connectivity index is 1.65. The molecule has 21 heavy (non-hydrogen) atoms. The van der Waals surface area contributed by atoms with Crippen molar-refractivity contribution in [1.29, 1.82) is 0 Å². The first kappa shape index (κ1) is 14.5. The van der Waals surface area contributed by atoms with Gasteiger partial charge in [-0.05, 0) is 79.4 Å². The summed E-state index contributed by atoms with van der Waals surface area (Å²) < 4.78 is 14.2. The molecule has 4 aliphatic carbocycles. The summed E-state index contributed by atoms with van der Waals surface area (Å²) >= 11 is 0. The number of alkyl halides is 1. The SMILES string of the molecule is C[C@]12CCCCC1CC[C@@H]1[C@H]2CC[C@]2(C)C(O)C(F)C[C@@H]12. The van der Waals surface area contributed by atoms with Gasteiger partial charge in [-0.1, -0.05) is 26.7 Å². The van der Waals surface area contributed by atoms with Crippen molar-refractivity contribution in [2.75, 3.05) is 0 Å². The monoisotopic (exact) mass is 294 g/mol. The van der Waals surface area contributed by atoms with Crippen LogP contribution in [0.4, 0.5) is 4.39 Å². The minimum atomic E-state index is -0.976. The predicted octanol–water partition coefficient (Wildman–Crippen LogP) is 4.73. The molecule has 4 fully saturated rings. The van der Waals surface area contributed by atoms with E-state index in [4.69, 9.17) is 0 Å². The average molecular weight is 294 g/mol. The van der Waals surface area contributed by atoms with Gasteiger partial charge in [0.2, 0.25) is 0 Å². The summed E-state index contributed by atoms with van der Waals surface area (Å²) in [7, 11) is 0. The number of hydrogen-bond donors (Lipinski definition) is 1. The molecule has 0 amide bonds. The molecule has 4 aliphatic rings. The van der Waals surface area contributed by atoms with E-state index in [1.165, 1.54) is 44.9 Å². The van der Waals surface area contributed by atoms with Crippen LogP contribution in [0.3, 0.4) is 0 Å². The predicted molar refractivity (Wildman–Crippen MR) is 82.6 cm³/mol. The summed E-state index contributed by atoms with van der Waals surface area (Å²) in [4.78, 5) is 0. The summed E-state index contributed by atoms with van der Waals surface area (Å²) in [6.07, 6.45) is 9.51. The zero-order valence-electron chi connectivity index (χ0n) is 13.7. The van der Waals surface area contributed by atoms with Gasteiger partial charge >= 0.3 is 0 Å². The Kier molecular flexibility index (Phi) is 3.24. The first-order chi connectivity index (χ1) is 9.97. The zero-order chi connectivity index (χ0) is 14.8. The van der Waals surface area contributed by atoms with Gasteiger partial charge in [0.1, 0.15) is 6.17 Å². The molecular formula is C19H31FO. The molecule has 0 saturated heterocycles. The van der Waals surface area contributed by atoms with Crippen molar-refractivity contribution in [3.05, 3.63) is 0 Å². The Morgan fingerprint density at radius 1 is 0.905 bits per heavy atom. The fraction of sp³-hybridized carbons (Fsp3) is 1.00. The molecule has 4 saturated carbocycles. The topological polar surface area (TPSA) is 20.2 Å². The lowest BCUT2D eigenvalue weighted by molar-refractivity contribution is -0.122. The van der Waals surface area contributed by atoms with Crippen LogP contribution in [0.5, 0.6) is 0 Å². The Morgan fingerprint density at radius 2 is 1.71 bits per heavy atom. The fourth-order valence-electron chi connectivity index (χ4n) is 7.24. The number of hydrogen-bond acceptors (Lipinski definition) is 1. The van der Waals surface area contributed by atoms with Crippen LogP contribution in [-0.2, 0) is 0 Å². The second-order valence-electron chi connectivity index (χ2n) is 9.14. The van der Waals surface area contributed by atoms with Crippen molar-refractivity contribution in [2.45, 2.75) is 83.9 Å². The molecule has 0 aliphatic heterocycles. The van der Waals surface area contributed by atoms with Gasteiger partial charge in [0, 0.05) is 0 Å². The number of fused-ring (bicyclic) bond motifs is 5. The van der Waals surface area contributed by atoms with Crippen LogP contribution in [0.1, 0.15) is 71.6 Å². The number of rotatable bonds is 0. The molecule has 0 heterocycles. The first-order valence-electron chi connectivity index (χ1n) is 9.29. The molecule has 0 bridgehead atoms. The highest BCUT2D eigenvalue weighted by Gasteiger charge is 2.61. The molecule has 1 nitrogen and oxygen atoms in total. The van der Waals surface area contributed by atoms with E-state index in [0.29, 0.717) is 23.7 Å². The highest BCUT2D eigenvalue weighted by Crippen LogP contribution is 2.66. The second kappa shape index (κ2) is 4.69. The summed E-state index contributed by atoms with van der Waals surface area (Å²) in [6, 6.07) is 0. The van der Waals surface area contributed by atoms with Crippen molar-refractivity contribution in [1.82, 2.24) is 0 Å². The molecule has 0 spiro atoms. The third-order valence-corrected chi connectivity index (χ3v) is 8.52. The zero-order valence-corrected chi connectivity index (χ0v) is 13.7. The molecule has 3 unspecified atom stereocenters. The van der Waals surface area contributed by atoms with Crippen molar-refractivity contribution in [2.24, 2.45) is 34.5 Å². The third-order valence-electron chi connectivity index (χ3n) is 8.52. The van der Waals surface area contributed by atoms with Crippen LogP contribution in [0, 0.1) is 34.5 Å². The lowest BCUT2D eigenvalue weighted by Crippen LogP contribution is -2.53. The fourth-order valence-corrected chi connectivity index (χ4v) is 7.24.